The molecule has 6 heteroatoms. The van der Waals surface area contributed by atoms with E-state index in [4.69, 9.17) is 5.11 Å². The lowest BCUT2D eigenvalue weighted by atomic mass is 10.2. The first-order valence-electron chi connectivity index (χ1n) is 7.24. The van der Waals surface area contributed by atoms with Gasteiger partial charge in [-0.15, -0.1) is 0 Å². The smallest absolute Gasteiger partial charge is 0.323 e. The van der Waals surface area contributed by atoms with Crippen molar-refractivity contribution in [2.24, 2.45) is 0 Å². The highest BCUT2D eigenvalue weighted by atomic mass is 16.4. The molecule has 21 heavy (non-hydrogen) atoms. The standard InChI is InChI=1S/C15H21N3O3/c1-11-6-7-12(8-16-11)9-17-15(21)18(10-14(19)20)13-4-2-3-5-13/h6-8,13H,2-5,9-10H2,1H3,(H,17,21)(H,19,20). The van der Waals surface area contributed by atoms with Gasteiger partial charge in [-0.1, -0.05) is 18.9 Å². The average Bonchev–Trinajstić information content (AvgIpc) is 2.97. The van der Waals surface area contributed by atoms with Crippen molar-refractivity contribution in [2.75, 3.05) is 6.54 Å². The van der Waals surface area contributed by atoms with Gasteiger partial charge in [-0.2, -0.15) is 0 Å². The molecule has 0 unspecified atom stereocenters. The Morgan fingerprint density at radius 3 is 2.67 bits per heavy atom. The zero-order valence-corrected chi connectivity index (χ0v) is 12.2. The van der Waals surface area contributed by atoms with Crippen molar-refractivity contribution in [1.82, 2.24) is 15.2 Å². The maximum Gasteiger partial charge on any atom is 0.323 e. The third-order valence-corrected chi connectivity index (χ3v) is 3.75. The lowest BCUT2D eigenvalue weighted by Crippen LogP contribution is -2.47. The van der Waals surface area contributed by atoms with E-state index >= 15 is 0 Å². The fraction of sp³-hybridized carbons (Fsp3) is 0.533. The maximum atomic E-state index is 12.2. The van der Waals surface area contributed by atoms with Crippen LogP contribution in [-0.2, 0) is 11.3 Å². The second kappa shape index (κ2) is 7.06. The number of carbonyl (C=O) groups is 2. The van der Waals surface area contributed by atoms with Crippen LogP contribution in [0.3, 0.4) is 0 Å². The Balaban J connectivity index is 1.94. The van der Waals surface area contributed by atoms with E-state index in [-0.39, 0.29) is 18.6 Å². The summed E-state index contributed by atoms with van der Waals surface area (Å²) in [4.78, 5) is 28.8. The summed E-state index contributed by atoms with van der Waals surface area (Å²) >= 11 is 0. The van der Waals surface area contributed by atoms with Crippen LogP contribution in [0.25, 0.3) is 0 Å². The fourth-order valence-electron chi connectivity index (χ4n) is 2.61. The van der Waals surface area contributed by atoms with Gasteiger partial charge in [-0.3, -0.25) is 9.78 Å². The van der Waals surface area contributed by atoms with E-state index in [2.05, 4.69) is 10.3 Å². The Bertz CT molecular complexity index is 495. The van der Waals surface area contributed by atoms with Gasteiger partial charge in [-0.25, -0.2) is 4.79 Å². The second-order valence-corrected chi connectivity index (χ2v) is 5.43. The van der Waals surface area contributed by atoms with Crippen LogP contribution in [0.15, 0.2) is 18.3 Å². The van der Waals surface area contributed by atoms with Crippen molar-refractivity contribution in [3.05, 3.63) is 29.6 Å². The van der Waals surface area contributed by atoms with Crippen molar-refractivity contribution in [2.45, 2.75) is 45.2 Å². The molecule has 114 valence electrons. The molecule has 0 aromatic carbocycles. The number of aromatic nitrogens is 1. The van der Waals surface area contributed by atoms with E-state index < -0.39 is 5.97 Å². The summed E-state index contributed by atoms with van der Waals surface area (Å²) in [5, 5.41) is 11.8. The van der Waals surface area contributed by atoms with Crippen LogP contribution < -0.4 is 5.32 Å². The first-order chi connectivity index (χ1) is 10.1. The summed E-state index contributed by atoms with van der Waals surface area (Å²) in [6.45, 7) is 2.01. The predicted octanol–water partition coefficient (Wildman–Crippen LogP) is 1.93. The molecule has 1 aromatic heterocycles. The number of urea groups is 1. The SMILES string of the molecule is Cc1ccc(CNC(=O)N(CC(=O)O)C2CCCC2)cn1. The summed E-state index contributed by atoms with van der Waals surface area (Å²) < 4.78 is 0. The topological polar surface area (TPSA) is 82.5 Å². The highest BCUT2D eigenvalue weighted by Gasteiger charge is 2.28. The van der Waals surface area contributed by atoms with E-state index in [0.717, 1.165) is 36.9 Å². The zero-order valence-electron chi connectivity index (χ0n) is 12.2. The van der Waals surface area contributed by atoms with Crippen molar-refractivity contribution in [3.8, 4) is 0 Å². The minimum atomic E-state index is -0.978. The van der Waals surface area contributed by atoms with E-state index in [1.165, 1.54) is 4.90 Å². The molecule has 6 nitrogen and oxygen atoms in total. The normalized spacial score (nSPS) is 14.9. The van der Waals surface area contributed by atoms with Gasteiger partial charge >= 0.3 is 12.0 Å². The van der Waals surface area contributed by atoms with Crippen LogP contribution in [-0.4, -0.2) is 39.6 Å². The van der Waals surface area contributed by atoms with Crippen molar-refractivity contribution in [1.29, 1.82) is 0 Å². The molecule has 1 fully saturated rings. The number of hydrogen-bond acceptors (Lipinski definition) is 3. The van der Waals surface area contributed by atoms with Gasteiger partial charge in [0.1, 0.15) is 6.54 Å². The molecule has 0 atom stereocenters. The molecule has 0 saturated heterocycles. The number of carboxylic acids is 1. The summed E-state index contributed by atoms with van der Waals surface area (Å²) in [6, 6.07) is 3.51. The molecule has 1 aromatic rings. The monoisotopic (exact) mass is 291 g/mol. The van der Waals surface area contributed by atoms with Gasteiger partial charge in [0.25, 0.3) is 0 Å². The quantitative estimate of drug-likeness (QED) is 0.868. The molecule has 0 radical (unpaired) electrons. The van der Waals surface area contributed by atoms with Crippen LogP contribution in [0.5, 0.6) is 0 Å². The predicted molar refractivity (Wildman–Crippen MR) is 77.8 cm³/mol. The lowest BCUT2D eigenvalue weighted by Gasteiger charge is -2.27. The van der Waals surface area contributed by atoms with Gasteiger partial charge in [0, 0.05) is 24.5 Å². The van der Waals surface area contributed by atoms with Gasteiger partial charge < -0.3 is 15.3 Å². The number of pyridine rings is 1. The van der Waals surface area contributed by atoms with E-state index in [9.17, 15) is 9.59 Å². The minimum absolute atomic E-state index is 0.0391. The molecular weight excluding hydrogens is 270 g/mol. The average molecular weight is 291 g/mol. The van der Waals surface area contributed by atoms with Gasteiger partial charge in [-0.05, 0) is 31.4 Å². The number of nitrogens with zero attached hydrogens (tertiary/aromatic N) is 2. The van der Waals surface area contributed by atoms with Crippen molar-refractivity contribution < 1.29 is 14.7 Å². The summed E-state index contributed by atoms with van der Waals surface area (Å²) in [6.07, 6.45) is 5.58. The van der Waals surface area contributed by atoms with Crippen LogP contribution in [0.4, 0.5) is 4.79 Å². The first kappa shape index (κ1) is 15.3. The van der Waals surface area contributed by atoms with Crippen LogP contribution >= 0.6 is 0 Å². The molecular formula is C15H21N3O3. The molecule has 2 rings (SSSR count). The Kier molecular flexibility index (Phi) is 5.14. The molecule has 1 aliphatic rings. The number of amides is 2. The number of carbonyl (C=O) groups excluding carboxylic acids is 1. The molecule has 1 saturated carbocycles. The number of aryl methyl sites for hydroxylation is 1. The fourth-order valence-corrected chi connectivity index (χ4v) is 2.61. The number of nitrogens with one attached hydrogen (secondary N) is 1. The van der Waals surface area contributed by atoms with E-state index in [1.54, 1.807) is 6.20 Å². The van der Waals surface area contributed by atoms with Crippen molar-refractivity contribution >= 4 is 12.0 Å². The second-order valence-electron chi connectivity index (χ2n) is 5.43. The number of rotatable bonds is 5. The molecule has 2 N–H and O–H groups in total. The zero-order chi connectivity index (χ0) is 15.2. The minimum Gasteiger partial charge on any atom is -0.480 e. The van der Waals surface area contributed by atoms with E-state index in [1.807, 2.05) is 19.1 Å². The van der Waals surface area contributed by atoms with E-state index in [0.29, 0.717) is 6.54 Å². The maximum absolute atomic E-state index is 12.2. The third kappa shape index (κ3) is 4.44. The molecule has 1 aliphatic carbocycles. The Hall–Kier alpha value is -2.11. The van der Waals surface area contributed by atoms with Crippen molar-refractivity contribution in [3.63, 3.8) is 0 Å². The summed E-state index contributed by atoms with van der Waals surface area (Å²) in [5.41, 5.74) is 1.82. The number of carboxylic acid groups (broad SMARTS) is 1. The highest BCUT2D eigenvalue weighted by Crippen LogP contribution is 2.23. The largest absolute Gasteiger partial charge is 0.480 e. The van der Waals surface area contributed by atoms with Gasteiger partial charge in [0.15, 0.2) is 0 Å². The molecule has 0 spiro atoms. The number of hydrogen-bond donors (Lipinski definition) is 2. The molecule has 1 heterocycles. The highest BCUT2D eigenvalue weighted by molar-refractivity contribution is 5.80. The van der Waals surface area contributed by atoms with Gasteiger partial charge in [0.05, 0.1) is 0 Å². The Morgan fingerprint density at radius 2 is 2.10 bits per heavy atom. The lowest BCUT2D eigenvalue weighted by molar-refractivity contribution is -0.138. The van der Waals surface area contributed by atoms with Crippen LogP contribution in [0, 0.1) is 6.92 Å². The summed E-state index contributed by atoms with van der Waals surface area (Å²) in [5.74, 6) is -0.978. The van der Waals surface area contributed by atoms with Crippen LogP contribution in [0.1, 0.15) is 36.9 Å². The van der Waals surface area contributed by atoms with Gasteiger partial charge in [0.2, 0.25) is 0 Å². The summed E-state index contributed by atoms with van der Waals surface area (Å²) in [7, 11) is 0. The number of aliphatic carboxylic acids is 1. The molecule has 2 amide bonds. The third-order valence-electron chi connectivity index (χ3n) is 3.75. The Labute approximate surface area is 124 Å². The first-order valence-corrected chi connectivity index (χ1v) is 7.24. The van der Waals surface area contributed by atoms with Crippen LogP contribution in [0.2, 0.25) is 0 Å². The molecule has 0 bridgehead atoms. The molecule has 0 aliphatic heterocycles. The Morgan fingerprint density at radius 1 is 1.38 bits per heavy atom.